The lowest BCUT2D eigenvalue weighted by Crippen LogP contribution is -2.51. The molecule has 2 fully saturated rings. The largest absolute Gasteiger partial charge is 0.468 e. The summed E-state index contributed by atoms with van der Waals surface area (Å²) in [7, 11) is 2.39. The van der Waals surface area contributed by atoms with Gasteiger partial charge in [-0.3, -0.25) is 4.79 Å². The number of nitrogens with zero attached hydrogens (tertiary/aromatic N) is 1. The predicted octanol–water partition coefficient (Wildman–Crippen LogP) is 8.36. The third-order valence-electron chi connectivity index (χ3n) is 9.75. The van der Waals surface area contributed by atoms with E-state index in [0.29, 0.717) is 40.4 Å². The Kier molecular flexibility index (Phi) is 12.3. The molecule has 296 valence electrons. The molecule has 1 aromatic heterocycles. The van der Waals surface area contributed by atoms with Crippen molar-refractivity contribution in [3.63, 3.8) is 0 Å². The summed E-state index contributed by atoms with van der Waals surface area (Å²) in [6.07, 6.45) is -7.34. The zero-order valence-electron chi connectivity index (χ0n) is 30.3. The van der Waals surface area contributed by atoms with Gasteiger partial charge in [-0.25, -0.2) is 9.59 Å². The van der Waals surface area contributed by atoms with Crippen molar-refractivity contribution in [2.45, 2.75) is 86.1 Å². The number of hydrogen-bond acceptors (Lipinski definition) is 10. The van der Waals surface area contributed by atoms with Crippen LogP contribution in [0.2, 0.25) is 0 Å². The van der Waals surface area contributed by atoms with Gasteiger partial charge in [0.2, 0.25) is 0 Å². The second kappa shape index (κ2) is 15.9. The van der Waals surface area contributed by atoms with Crippen LogP contribution in [0.4, 0.5) is 31.1 Å². The molecule has 2 atom stereocenters. The highest BCUT2D eigenvalue weighted by molar-refractivity contribution is 8.01. The Morgan fingerprint density at radius 2 is 1.46 bits per heavy atom. The van der Waals surface area contributed by atoms with Crippen molar-refractivity contribution in [1.29, 1.82) is 0 Å². The van der Waals surface area contributed by atoms with Crippen LogP contribution in [0.5, 0.6) is 0 Å². The molecule has 2 N–H and O–H groups in total. The zero-order chi connectivity index (χ0) is 39.8. The van der Waals surface area contributed by atoms with Crippen LogP contribution in [0.15, 0.2) is 41.3 Å². The van der Waals surface area contributed by atoms with Gasteiger partial charge in [-0.05, 0) is 100 Å². The highest BCUT2D eigenvalue weighted by Crippen LogP contribution is 2.57. The molecule has 0 aliphatic carbocycles. The van der Waals surface area contributed by atoms with Gasteiger partial charge in [0, 0.05) is 22.7 Å². The van der Waals surface area contributed by atoms with E-state index in [1.807, 2.05) is 0 Å². The average Bonchev–Trinajstić information content (AvgIpc) is 3.66. The van der Waals surface area contributed by atoms with Gasteiger partial charge in [-0.2, -0.15) is 26.3 Å². The number of alkyl halides is 6. The Balaban J connectivity index is 0.000000217. The van der Waals surface area contributed by atoms with Gasteiger partial charge in [0.1, 0.15) is 21.3 Å². The molecule has 3 aliphatic rings. The molecule has 3 aromatic rings. The highest BCUT2D eigenvalue weighted by Gasteiger charge is 2.57. The number of amides is 1. The van der Waals surface area contributed by atoms with Crippen molar-refractivity contribution in [3.8, 4) is 0 Å². The van der Waals surface area contributed by atoms with Gasteiger partial charge in [-0.1, -0.05) is 24.3 Å². The maximum atomic E-state index is 13.6. The number of esters is 2. The summed E-state index contributed by atoms with van der Waals surface area (Å²) in [5, 5.41) is 14.2. The Labute approximate surface area is 316 Å². The molecule has 9 nitrogen and oxygen atoms in total. The molecule has 0 spiro atoms. The predicted molar refractivity (Wildman–Crippen MR) is 191 cm³/mol. The van der Waals surface area contributed by atoms with Crippen molar-refractivity contribution in [1.82, 2.24) is 10.2 Å². The van der Waals surface area contributed by atoms with Crippen molar-refractivity contribution in [3.05, 3.63) is 63.5 Å². The van der Waals surface area contributed by atoms with E-state index in [9.17, 15) is 45.8 Å². The second-order valence-corrected chi connectivity index (χ2v) is 16.4. The Bertz CT molecular complexity index is 1860. The number of ether oxygens (including phenoxy) is 3. The summed E-state index contributed by atoms with van der Waals surface area (Å²) in [6.45, 7) is 7.37. The normalized spacial score (nSPS) is 21.3. The highest BCUT2D eigenvalue weighted by atomic mass is 32.2. The van der Waals surface area contributed by atoms with E-state index in [1.165, 1.54) is 30.2 Å². The summed E-state index contributed by atoms with van der Waals surface area (Å²) in [4.78, 5) is 38.5. The Hall–Kier alpha value is -3.54. The maximum absolute atomic E-state index is 13.6. The van der Waals surface area contributed by atoms with Crippen LogP contribution in [-0.2, 0) is 37.0 Å². The van der Waals surface area contributed by atoms with E-state index >= 15 is 0 Å². The first-order valence-electron chi connectivity index (χ1n) is 17.3. The number of halogens is 6. The van der Waals surface area contributed by atoms with Crippen LogP contribution in [0, 0.1) is 5.92 Å². The third kappa shape index (κ3) is 8.48. The molecular formula is C37H42F6N2O7S2. The summed E-state index contributed by atoms with van der Waals surface area (Å²) >= 11 is 1.58. The van der Waals surface area contributed by atoms with Crippen LogP contribution in [-0.4, -0.2) is 79.3 Å². The molecule has 2 aromatic carbocycles. The number of thioether (sulfide) groups is 1. The lowest BCUT2D eigenvalue weighted by atomic mass is 9.73. The topological polar surface area (TPSA) is 114 Å². The van der Waals surface area contributed by atoms with Gasteiger partial charge in [0.15, 0.2) is 0 Å². The SMILES string of the molecule is COC(=O)[C@H]1Sc2c(C(F)(F)F)cccc2[C@]1(O)C1CCN(C(=O)OC(C)(C)C)CC1.COC(=O)c1sc2c(C(F)(F)F)cccc2c1C1CCNCC1. The Morgan fingerprint density at radius 3 is 2.02 bits per heavy atom. The van der Waals surface area contributed by atoms with E-state index in [0.717, 1.165) is 56.5 Å². The van der Waals surface area contributed by atoms with Crippen LogP contribution in [0.3, 0.4) is 0 Å². The van der Waals surface area contributed by atoms with Gasteiger partial charge in [-0.15, -0.1) is 23.1 Å². The van der Waals surface area contributed by atoms with Crippen molar-refractivity contribution in [2.24, 2.45) is 5.92 Å². The molecule has 1 amide bonds. The number of thiophene rings is 1. The van der Waals surface area contributed by atoms with Gasteiger partial charge in [0.05, 0.1) is 25.3 Å². The first kappa shape index (κ1) is 41.6. The summed E-state index contributed by atoms with van der Waals surface area (Å²) < 4.78 is 95.5. The number of fused-ring (bicyclic) bond motifs is 2. The number of benzene rings is 2. The third-order valence-corrected chi connectivity index (χ3v) is 12.4. The molecule has 0 saturated carbocycles. The smallest absolute Gasteiger partial charge is 0.417 e. The Morgan fingerprint density at radius 1 is 0.870 bits per heavy atom. The minimum absolute atomic E-state index is 0.0718. The molecule has 54 heavy (non-hydrogen) atoms. The van der Waals surface area contributed by atoms with Crippen LogP contribution >= 0.6 is 23.1 Å². The monoisotopic (exact) mass is 804 g/mol. The quantitative estimate of drug-likeness (QED) is 0.153. The number of rotatable bonds is 4. The standard InChI is InChI=1S/C21H26F3NO5S.C16H16F3NO2S/c1-19(2,3)30-18(27)25-10-8-12(9-11-25)20(28)13-6-5-7-14(21(22,23)24)15(13)31-16(20)17(26)29-4;1-22-15(21)14-12(9-5-7-20-8-6-9)10-3-2-4-11(13(10)23-14)16(17,18)19/h5-7,12,16,28H,8-11H2,1-4H3;2-4,9,20H,5-8H2,1H3/t16-,20-;/m1./s1. The number of piperidine rings is 2. The van der Waals surface area contributed by atoms with E-state index in [2.05, 4.69) is 5.32 Å². The average molecular weight is 805 g/mol. The molecule has 4 heterocycles. The molecule has 0 radical (unpaired) electrons. The van der Waals surface area contributed by atoms with Crippen molar-refractivity contribution >= 4 is 51.2 Å². The van der Waals surface area contributed by atoms with E-state index in [-0.39, 0.29) is 34.2 Å². The van der Waals surface area contributed by atoms with E-state index in [1.54, 1.807) is 26.8 Å². The number of likely N-dealkylation sites (tertiary alicyclic amines) is 1. The molecule has 0 unspecified atom stereocenters. The van der Waals surface area contributed by atoms with Gasteiger partial charge in [0.25, 0.3) is 0 Å². The molecule has 17 heteroatoms. The molecule has 2 saturated heterocycles. The van der Waals surface area contributed by atoms with Crippen molar-refractivity contribution in [2.75, 3.05) is 40.4 Å². The molecule has 3 aliphatic heterocycles. The summed E-state index contributed by atoms with van der Waals surface area (Å²) in [6, 6.07) is 7.75. The van der Waals surface area contributed by atoms with Crippen LogP contribution in [0.25, 0.3) is 10.1 Å². The van der Waals surface area contributed by atoms with E-state index < -0.39 is 63.9 Å². The van der Waals surface area contributed by atoms with Crippen LogP contribution < -0.4 is 5.32 Å². The number of hydrogen-bond donors (Lipinski definition) is 2. The number of methoxy groups -OCH3 is 2. The van der Waals surface area contributed by atoms with E-state index in [4.69, 9.17) is 14.2 Å². The number of carbonyl (C=O) groups is 3. The fourth-order valence-electron chi connectivity index (χ4n) is 7.27. The summed E-state index contributed by atoms with van der Waals surface area (Å²) in [5.41, 5.74) is -3.27. The van der Waals surface area contributed by atoms with Crippen LogP contribution in [0.1, 0.15) is 84.3 Å². The first-order chi connectivity index (χ1) is 25.2. The summed E-state index contributed by atoms with van der Waals surface area (Å²) in [5.74, 6) is -1.81. The number of carbonyl (C=O) groups excluding carboxylic acids is 3. The second-order valence-electron chi connectivity index (χ2n) is 14.3. The fourth-order valence-corrected chi connectivity index (χ4v) is 10.2. The van der Waals surface area contributed by atoms with Crippen molar-refractivity contribution < 1.29 is 60.0 Å². The van der Waals surface area contributed by atoms with Gasteiger partial charge < -0.3 is 29.5 Å². The van der Waals surface area contributed by atoms with Gasteiger partial charge >= 0.3 is 30.4 Å². The lowest BCUT2D eigenvalue weighted by Gasteiger charge is -2.42. The zero-order valence-corrected chi connectivity index (χ0v) is 31.9. The molecule has 6 rings (SSSR count). The minimum Gasteiger partial charge on any atom is -0.468 e. The number of aliphatic hydroxyl groups is 1. The fraction of sp³-hybridized carbons (Fsp3) is 0.541. The lowest BCUT2D eigenvalue weighted by molar-refractivity contribution is -0.149. The molecule has 0 bridgehead atoms. The first-order valence-corrected chi connectivity index (χ1v) is 19.0. The maximum Gasteiger partial charge on any atom is 0.417 e. The number of nitrogens with one attached hydrogen (secondary N) is 1. The molecular weight excluding hydrogens is 763 g/mol. The minimum atomic E-state index is -4.62.